The third kappa shape index (κ3) is 4.42. The van der Waals surface area contributed by atoms with Crippen LogP contribution in [0.2, 0.25) is 0 Å². The fraction of sp³-hybridized carbons (Fsp3) is 0.158. The first-order chi connectivity index (χ1) is 13.9. The minimum Gasteiger partial charge on any atom is -0.396 e. The molecular formula is C19H16F3N7. The standard InChI is InChI=1S/C19H16F3N7/c20-19(21,22)11-29-10-12(8-26-29)15-6-4-14(23)18(28-15)25-9-13-3-5-16-17(27-13)2-1-7-24-16/h1-8,10H,9,11,23H2,(H,25,28). The lowest BCUT2D eigenvalue weighted by atomic mass is 10.2. The van der Waals surface area contributed by atoms with Crippen LogP contribution in [0, 0.1) is 0 Å². The van der Waals surface area contributed by atoms with E-state index in [0.717, 1.165) is 21.4 Å². The van der Waals surface area contributed by atoms with Crippen molar-refractivity contribution in [2.45, 2.75) is 19.3 Å². The summed E-state index contributed by atoms with van der Waals surface area (Å²) >= 11 is 0. The van der Waals surface area contributed by atoms with Gasteiger partial charge in [0.15, 0.2) is 0 Å². The summed E-state index contributed by atoms with van der Waals surface area (Å²) < 4.78 is 38.4. The third-order valence-corrected chi connectivity index (χ3v) is 4.15. The van der Waals surface area contributed by atoms with Crippen molar-refractivity contribution < 1.29 is 13.2 Å². The second-order valence-corrected chi connectivity index (χ2v) is 6.37. The molecule has 7 nitrogen and oxygen atoms in total. The molecule has 4 aromatic heterocycles. The SMILES string of the molecule is Nc1ccc(-c2cnn(CC(F)(F)F)c2)nc1NCc1ccc2ncccc2n1. The van der Waals surface area contributed by atoms with Crippen LogP contribution in [-0.2, 0) is 13.1 Å². The molecule has 10 heteroatoms. The lowest BCUT2D eigenvalue weighted by Gasteiger charge is -2.10. The quantitative estimate of drug-likeness (QED) is 0.532. The molecule has 0 spiro atoms. The maximum Gasteiger partial charge on any atom is 0.408 e. The highest BCUT2D eigenvalue weighted by atomic mass is 19.4. The second kappa shape index (κ2) is 7.38. The van der Waals surface area contributed by atoms with Crippen LogP contribution in [-0.4, -0.2) is 30.9 Å². The van der Waals surface area contributed by atoms with Gasteiger partial charge in [-0.3, -0.25) is 9.67 Å². The minimum absolute atomic E-state index is 0.374. The maximum absolute atomic E-state index is 12.5. The van der Waals surface area contributed by atoms with Crippen LogP contribution >= 0.6 is 0 Å². The lowest BCUT2D eigenvalue weighted by molar-refractivity contribution is -0.142. The summed E-state index contributed by atoms with van der Waals surface area (Å²) in [5.41, 5.74) is 9.68. The van der Waals surface area contributed by atoms with Gasteiger partial charge in [-0.2, -0.15) is 18.3 Å². The van der Waals surface area contributed by atoms with Gasteiger partial charge in [0.25, 0.3) is 0 Å². The Morgan fingerprint density at radius 3 is 2.72 bits per heavy atom. The Morgan fingerprint density at radius 2 is 1.90 bits per heavy atom. The molecule has 4 rings (SSSR count). The predicted octanol–water partition coefficient (Wildman–Crippen LogP) is 3.64. The zero-order chi connectivity index (χ0) is 20.4. The van der Waals surface area contributed by atoms with Crippen LogP contribution in [0.1, 0.15) is 5.69 Å². The number of halogens is 3. The van der Waals surface area contributed by atoms with Gasteiger partial charge in [-0.25, -0.2) is 9.97 Å². The first-order valence-corrected chi connectivity index (χ1v) is 8.68. The molecule has 29 heavy (non-hydrogen) atoms. The van der Waals surface area contributed by atoms with Crippen molar-refractivity contribution in [1.29, 1.82) is 0 Å². The molecule has 0 aromatic carbocycles. The molecule has 0 radical (unpaired) electrons. The van der Waals surface area contributed by atoms with Crippen LogP contribution < -0.4 is 11.1 Å². The average Bonchev–Trinajstić information content (AvgIpc) is 3.14. The van der Waals surface area contributed by atoms with Crippen molar-refractivity contribution >= 4 is 22.5 Å². The molecular weight excluding hydrogens is 383 g/mol. The van der Waals surface area contributed by atoms with Gasteiger partial charge in [-0.1, -0.05) is 0 Å². The average molecular weight is 399 g/mol. The Balaban J connectivity index is 1.52. The monoisotopic (exact) mass is 399 g/mol. The van der Waals surface area contributed by atoms with Crippen molar-refractivity contribution in [3.63, 3.8) is 0 Å². The second-order valence-electron chi connectivity index (χ2n) is 6.37. The summed E-state index contributed by atoms with van der Waals surface area (Å²) in [6, 6.07) is 10.7. The Morgan fingerprint density at radius 1 is 1.03 bits per heavy atom. The van der Waals surface area contributed by atoms with E-state index in [4.69, 9.17) is 5.73 Å². The van der Waals surface area contributed by atoms with Gasteiger partial charge in [0, 0.05) is 18.0 Å². The minimum atomic E-state index is -4.34. The number of hydrogen-bond acceptors (Lipinski definition) is 6. The van der Waals surface area contributed by atoms with Gasteiger partial charge in [0.1, 0.15) is 12.4 Å². The molecule has 0 aliphatic carbocycles. The van der Waals surface area contributed by atoms with Gasteiger partial charge in [0.2, 0.25) is 0 Å². The summed E-state index contributed by atoms with van der Waals surface area (Å²) in [7, 11) is 0. The number of hydrogen-bond donors (Lipinski definition) is 2. The summed E-state index contributed by atoms with van der Waals surface area (Å²) in [4.78, 5) is 13.2. The first kappa shape index (κ1) is 18.7. The van der Waals surface area contributed by atoms with Crippen molar-refractivity contribution in [1.82, 2.24) is 24.7 Å². The van der Waals surface area contributed by atoms with Crippen LogP contribution in [0.15, 0.2) is 55.0 Å². The number of nitrogens with one attached hydrogen (secondary N) is 1. The fourth-order valence-electron chi connectivity index (χ4n) is 2.81. The van der Waals surface area contributed by atoms with E-state index in [0.29, 0.717) is 29.3 Å². The summed E-state index contributed by atoms with van der Waals surface area (Å²) in [5, 5.41) is 6.86. The molecule has 0 saturated carbocycles. The van der Waals surface area contributed by atoms with Crippen molar-refractivity contribution in [3.05, 3.63) is 60.7 Å². The molecule has 148 valence electrons. The molecule has 0 saturated heterocycles. The Hall–Kier alpha value is -3.69. The van der Waals surface area contributed by atoms with Crippen LogP contribution in [0.4, 0.5) is 24.7 Å². The zero-order valence-electron chi connectivity index (χ0n) is 15.1. The number of alkyl halides is 3. The van der Waals surface area contributed by atoms with E-state index in [1.165, 1.54) is 12.4 Å². The van der Waals surface area contributed by atoms with Gasteiger partial charge >= 0.3 is 6.18 Å². The molecule has 0 atom stereocenters. The maximum atomic E-state index is 12.5. The zero-order valence-corrected chi connectivity index (χ0v) is 15.1. The highest BCUT2D eigenvalue weighted by molar-refractivity contribution is 5.74. The number of rotatable bonds is 5. The van der Waals surface area contributed by atoms with Gasteiger partial charge < -0.3 is 11.1 Å². The number of nitrogen functional groups attached to an aromatic ring is 1. The molecule has 3 N–H and O–H groups in total. The van der Waals surface area contributed by atoms with E-state index in [9.17, 15) is 13.2 Å². The summed E-state index contributed by atoms with van der Waals surface area (Å²) in [5.74, 6) is 0.416. The molecule has 0 unspecified atom stereocenters. The molecule has 0 aliphatic heterocycles. The molecule has 0 aliphatic rings. The highest BCUT2D eigenvalue weighted by Gasteiger charge is 2.28. The normalized spacial score (nSPS) is 11.7. The Kier molecular flexibility index (Phi) is 4.75. The van der Waals surface area contributed by atoms with E-state index in [1.54, 1.807) is 18.3 Å². The Labute approximate surface area is 163 Å². The van der Waals surface area contributed by atoms with Crippen LogP contribution in [0.3, 0.4) is 0 Å². The number of nitrogens with two attached hydrogens (primary N) is 1. The van der Waals surface area contributed by atoms with Gasteiger partial charge in [0.05, 0.1) is 40.9 Å². The first-order valence-electron chi connectivity index (χ1n) is 8.68. The van der Waals surface area contributed by atoms with Crippen molar-refractivity contribution in [3.8, 4) is 11.3 Å². The molecule has 4 aromatic rings. The summed E-state index contributed by atoms with van der Waals surface area (Å²) in [6.45, 7) is -0.783. The lowest BCUT2D eigenvalue weighted by Crippen LogP contribution is -2.17. The number of aromatic nitrogens is 5. The highest BCUT2D eigenvalue weighted by Crippen LogP contribution is 2.25. The topological polar surface area (TPSA) is 94.5 Å². The van der Waals surface area contributed by atoms with E-state index in [2.05, 4.69) is 25.4 Å². The number of fused-ring (bicyclic) bond motifs is 1. The molecule has 0 bridgehead atoms. The number of pyridine rings is 3. The van der Waals surface area contributed by atoms with E-state index in [-0.39, 0.29) is 0 Å². The fourth-order valence-corrected chi connectivity index (χ4v) is 2.81. The van der Waals surface area contributed by atoms with E-state index >= 15 is 0 Å². The van der Waals surface area contributed by atoms with E-state index in [1.807, 2.05) is 24.3 Å². The van der Waals surface area contributed by atoms with Crippen molar-refractivity contribution in [2.24, 2.45) is 0 Å². The van der Waals surface area contributed by atoms with Gasteiger partial charge in [-0.15, -0.1) is 0 Å². The predicted molar refractivity (Wildman–Crippen MR) is 103 cm³/mol. The Bertz CT molecular complexity index is 1150. The largest absolute Gasteiger partial charge is 0.408 e. The number of nitrogens with zero attached hydrogens (tertiary/aromatic N) is 5. The van der Waals surface area contributed by atoms with Crippen molar-refractivity contribution in [2.75, 3.05) is 11.1 Å². The van der Waals surface area contributed by atoms with Crippen LogP contribution in [0.5, 0.6) is 0 Å². The summed E-state index contributed by atoms with van der Waals surface area (Å²) in [6.07, 6.45) is 0.00143. The third-order valence-electron chi connectivity index (χ3n) is 4.15. The van der Waals surface area contributed by atoms with E-state index < -0.39 is 12.7 Å². The molecule has 0 amide bonds. The van der Waals surface area contributed by atoms with Crippen LogP contribution in [0.25, 0.3) is 22.3 Å². The smallest absolute Gasteiger partial charge is 0.396 e. The number of anilines is 2. The van der Waals surface area contributed by atoms with Gasteiger partial charge in [-0.05, 0) is 36.4 Å². The molecule has 4 heterocycles. The molecule has 0 fully saturated rings.